The quantitative estimate of drug-likeness (QED) is 0.717. The van der Waals surface area contributed by atoms with Gasteiger partial charge in [-0.05, 0) is 64.1 Å². The Labute approximate surface area is 149 Å². The number of phenolic OH excluding ortho intramolecular Hbond substituents is 1. The maximum absolute atomic E-state index is 10.9. The Balaban J connectivity index is 2.25. The van der Waals surface area contributed by atoms with E-state index in [9.17, 15) is 5.11 Å². The lowest BCUT2D eigenvalue weighted by atomic mass is 9.68. The zero-order valence-corrected chi connectivity index (χ0v) is 14.4. The molecule has 2 atom stereocenters. The predicted molar refractivity (Wildman–Crippen MR) is 95.3 cm³/mol. The minimum atomic E-state index is -1.96. The van der Waals surface area contributed by atoms with Gasteiger partial charge in [0.15, 0.2) is 0 Å². The number of allylic oxidation sites excluding steroid dienone is 2. The van der Waals surface area contributed by atoms with E-state index in [2.05, 4.69) is 0 Å². The zero-order valence-electron chi connectivity index (χ0n) is 20.4. The highest BCUT2D eigenvalue weighted by Crippen LogP contribution is 2.53. The highest BCUT2D eigenvalue weighted by Gasteiger charge is 2.45. The minimum Gasteiger partial charge on any atom is -0.507 e. The van der Waals surface area contributed by atoms with E-state index in [0.717, 1.165) is 6.42 Å². The first-order chi connectivity index (χ1) is 13.2. The normalized spacial score (nSPS) is 35.4. The molecule has 0 saturated heterocycles. The standard InChI is InChI=1S/C21H30O2/c1-5-6-7-8-15-12-18(22)20-16-11-14(2)9-10-17(16)21(3,4)23-19(20)13-15/h11-13,16-17,22H,5-10H2,1-4H3/t16-,17-/m1/s1/i8D2,10D2,11D,17D. The molecule has 1 aliphatic carbocycles. The van der Waals surface area contributed by atoms with Gasteiger partial charge in [-0.3, -0.25) is 0 Å². The summed E-state index contributed by atoms with van der Waals surface area (Å²) in [6.45, 7) is 6.95. The van der Waals surface area contributed by atoms with Crippen LogP contribution < -0.4 is 4.74 Å². The van der Waals surface area contributed by atoms with Crippen molar-refractivity contribution in [2.24, 2.45) is 5.89 Å². The molecule has 0 bridgehead atoms. The number of fused-ring (bicyclic) bond motifs is 3. The number of phenols is 1. The average molecular weight is 321 g/mol. The van der Waals surface area contributed by atoms with E-state index in [1.165, 1.54) is 6.07 Å². The third-order valence-electron chi connectivity index (χ3n) is 4.51. The van der Waals surface area contributed by atoms with Crippen molar-refractivity contribution >= 4 is 0 Å². The lowest BCUT2D eigenvalue weighted by Gasteiger charge is -2.46. The van der Waals surface area contributed by atoms with Crippen molar-refractivity contribution in [3.63, 3.8) is 0 Å². The van der Waals surface area contributed by atoms with Gasteiger partial charge in [-0.2, -0.15) is 0 Å². The van der Waals surface area contributed by atoms with Crippen molar-refractivity contribution in [3.8, 4) is 11.5 Å². The Hall–Kier alpha value is -1.44. The molecule has 0 aromatic heterocycles. The first kappa shape index (κ1) is 10.4. The second-order valence-electron chi connectivity index (χ2n) is 6.92. The highest BCUT2D eigenvalue weighted by molar-refractivity contribution is 5.53. The van der Waals surface area contributed by atoms with Gasteiger partial charge in [0.1, 0.15) is 17.1 Å². The average Bonchev–Trinajstić information content (AvgIpc) is 2.58. The zero-order chi connectivity index (χ0) is 22.0. The number of unbranched alkanes of at least 4 members (excludes halogenated alkanes) is 1. The number of hydrogen-bond acceptors (Lipinski definition) is 2. The smallest absolute Gasteiger partial charge is 0.127 e. The molecule has 0 radical (unpaired) electrons. The third kappa shape index (κ3) is 3.13. The summed E-state index contributed by atoms with van der Waals surface area (Å²) in [5.41, 5.74) is -0.236. The van der Waals surface area contributed by atoms with Crippen molar-refractivity contribution < 1.29 is 18.1 Å². The number of hydrogen-bond donors (Lipinski definition) is 1. The maximum Gasteiger partial charge on any atom is 0.127 e. The molecular weight excluding hydrogens is 284 g/mol. The Kier molecular flexibility index (Phi) is 2.82. The largest absolute Gasteiger partial charge is 0.507 e. The number of aryl methyl sites for hydroxylation is 1. The van der Waals surface area contributed by atoms with Crippen LogP contribution in [0.25, 0.3) is 0 Å². The van der Waals surface area contributed by atoms with Crippen LogP contribution in [0, 0.1) is 5.89 Å². The summed E-state index contributed by atoms with van der Waals surface area (Å²) in [4.78, 5) is 0. The Morgan fingerprint density at radius 2 is 2.26 bits per heavy atom. The molecule has 3 rings (SSSR count). The van der Waals surface area contributed by atoms with E-state index in [1.807, 2.05) is 6.92 Å². The fourth-order valence-electron chi connectivity index (χ4n) is 3.30. The van der Waals surface area contributed by atoms with Gasteiger partial charge < -0.3 is 9.84 Å². The Bertz CT molecular complexity index is 861. The van der Waals surface area contributed by atoms with Gasteiger partial charge in [0.25, 0.3) is 0 Å². The lowest BCUT2D eigenvalue weighted by molar-refractivity contribution is 0.0107. The number of ether oxygens (including phenoxy) is 1. The van der Waals surface area contributed by atoms with Gasteiger partial charge in [0.05, 0.1) is 1.37 Å². The van der Waals surface area contributed by atoms with Gasteiger partial charge in [-0.25, -0.2) is 0 Å². The molecule has 0 fully saturated rings. The topological polar surface area (TPSA) is 29.5 Å². The van der Waals surface area contributed by atoms with Crippen LogP contribution in [0.1, 0.15) is 85.0 Å². The Morgan fingerprint density at radius 1 is 1.48 bits per heavy atom. The third-order valence-corrected chi connectivity index (χ3v) is 4.51. The number of benzene rings is 1. The van der Waals surface area contributed by atoms with E-state index >= 15 is 0 Å². The molecule has 2 heteroatoms. The molecule has 0 spiro atoms. The first-order valence-corrected chi connectivity index (χ1v) is 8.42. The van der Waals surface area contributed by atoms with Crippen LogP contribution in [-0.2, 0) is 6.37 Å². The second-order valence-corrected chi connectivity index (χ2v) is 6.92. The van der Waals surface area contributed by atoms with Crippen LogP contribution in [0.4, 0.5) is 0 Å². The molecule has 0 unspecified atom stereocenters. The monoisotopic (exact) mass is 320 g/mol. The minimum absolute atomic E-state index is 0.0353. The van der Waals surface area contributed by atoms with Gasteiger partial charge in [0, 0.05) is 24.2 Å². The molecule has 2 nitrogen and oxygen atoms in total. The fraction of sp³-hybridized carbons (Fsp3) is 0.619. The van der Waals surface area contributed by atoms with Crippen molar-refractivity contribution in [3.05, 3.63) is 34.9 Å². The van der Waals surface area contributed by atoms with Crippen LogP contribution in [-0.4, -0.2) is 10.7 Å². The van der Waals surface area contributed by atoms with E-state index in [-0.39, 0.29) is 29.5 Å². The van der Waals surface area contributed by atoms with Crippen LogP contribution in [0.2, 0.25) is 0 Å². The first-order valence-electron chi connectivity index (χ1n) is 11.4. The number of aromatic hydroxyl groups is 1. The summed E-state index contributed by atoms with van der Waals surface area (Å²) < 4.78 is 57.8. The molecule has 1 aromatic rings. The van der Waals surface area contributed by atoms with Crippen molar-refractivity contribution in [1.29, 1.82) is 0 Å². The molecule has 1 N–H and O–H groups in total. The molecule has 1 aromatic carbocycles. The second kappa shape index (κ2) is 6.22. The van der Waals surface area contributed by atoms with Gasteiger partial charge in [-0.15, -0.1) is 0 Å². The van der Waals surface area contributed by atoms with Crippen molar-refractivity contribution in [2.75, 3.05) is 0 Å². The maximum atomic E-state index is 10.9. The molecule has 0 amide bonds. The SMILES string of the molecule is [2H]C1=C(C)CC([2H])([2H])[C@]2([2H])[C@@H]1c1c(O)cc(C([2H])([2H])CCCC)cc1OC2(C)C. The molecule has 126 valence electrons. The molecule has 1 aliphatic heterocycles. The van der Waals surface area contributed by atoms with Crippen LogP contribution in [0.15, 0.2) is 23.8 Å². The van der Waals surface area contributed by atoms with Gasteiger partial charge >= 0.3 is 0 Å². The molecule has 1 heterocycles. The number of rotatable bonds is 4. The summed E-state index contributed by atoms with van der Waals surface area (Å²) in [7, 11) is 0. The molecular formula is C21H30O2. The fourth-order valence-corrected chi connectivity index (χ4v) is 3.30. The lowest BCUT2D eigenvalue weighted by Crippen LogP contribution is -2.45. The molecule has 0 saturated carbocycles. The summed E-state index contributed by atoms with van der Waals surface area (Å²) in [5, 5.41) is 10.9. The van der Waals surface area contributed by atoms with Crippen LogP contribution >= 0.6 is 0 Å². The van der Waals surface area contributed by atoms with E-state index in [1.54, 1.807) is 26.8 Å². The molecule has 2 aliphatic rings. The summed E-state index contributed by atoms with van der Waals surface area (Å²) >= 11 is 0. The van der Waals surface area contributed by atoms with E-state index < -0.39 is 30.2 Å². The van der Waals surface area contributed by atoms with E-state index in [0.29, 0.717) is 24.0 Å². The van der Waals surface area contributed by atoms with Crippen molar-refractivity contribution in [1.82, 2.24) is 0 Å². The van der Waals surface area contributed by atoms with Crippen molar-refractivity contribution in [2.45, 2.75) is 77.6 Å². The van der Waals surface area contributed by atoms with Crippen LogP contribution in [0.3, 0.4) is 0 Å². The summed E-state index contributed by atoms with van der Waals surface area (Å²) in [5.74, 6) is -2.83. The predicted octanol–water partition coefficient (Wildman–Crippen LogP) is 5.74. The van der Waals surface area contributed by atoms with E-state index in [4.69, 9.17) is 13.0 Å². The van der Waals surface area contributed by atoms with Gasteiger partial charge in [-0.1, -0.05) is 31.4 Å². The Morgan fingerprint density at radius 3 is 3.00 bits per heavy atom. The summed E-state index contributed by atoms with van der Waals surface area (Å²) in [6.07, 6.45) is -1.79. The van der Waals surface area contributed by atoms with Gasteiger partial charge in [0.2, 0.25) is 0 Å². The highest BCUT2D eigenvalue weighted by atomic mass is 16.5. The van der Waals surface area contributed by atoms with Crippen LogP contribution in [0.5, 0.6) is 11.5 Å². The summed E-state index contributed by atoms with van der Waals surface area (Å²) in [6, 6.07) is 3.03. The molecule has 23 heavy (non-hydrogen) atoms.